The van der Waals surface area contributed by atoms with Crippen LogP contribution in [0.25, 0.3) is 0 Å². The highest BCUT2D eigenvalue weighted by atomic mass is 16.5. The summed E-state index contributed by atoms with van der Waals surface area (Å²) in [7, 11) is 2.05. The Morgan fingerprint density at radius 3 is 2.79 bits per heavy atom. The van der Waals surface area contributed by atoms with Gasteiger partial charge in [0.05, 0.1) is 12.6 Å². The van der Waals surface area contributed by atoms with Crippen molar-refractivity contribution in [3.63, 3.8) is 0 Å². The minimum Gasteiger partial charge on any atom is -0.494 e. The van der Waals surface area contributed by atoms with E-state index < -0.39 is 0 Å². The minimum atomic E-state index is -0.359. The summed E-state index contributed by atoms with van der Waals surface area (Å²) in [5.74, 6) is 1.74. The van der Waals surface area contributed by atoms with Gasteiger partial charge < -0.3 is 19.9 Å². The summed E-state index contributed by atoms with van der Waals surface area (Å²) < 4.78 is 11.0. The number of rotatable bonds is 7. The van der Waals surface area contributed by atoms with Gasteiger partial charge in [-0.2, -0.15) is 4.98 Å². The molecular formula is C20H29N5O3. The summed E-state index contributed by atoms with van der Waals surface area (Å²) in [5.41, 5.74) is 0.560. The summed E-state index contributed by atoms with van der Waals surface area (Å²) in [6.07, 6.45) is 0. The molecular weight excluding hydrogens is 358 g/mol. The van der Waals surface area contributed by atoms with Crippen LogP contribution in [0.1, 0.15) is 54.9 Å². The first-order chi connectivity index (χ1) is 13.5. The van der Waals surface area contributed by atoms with Gasteiger partial charge in [0.1, 0.15) is 11.8 Å². The van der Waals surface area contributed by atoms with Crippen molar-refractivity contribution >= 4 is 5.91 Å². The summed E-state index contributed by atoms with van der Waals surface area (Å²) in [4.78, 5) is 19.5. The number of nitrogens with one attached hydrogen (secondary N) is 2. The highest BCUT2D eigenvalue weighted by Gasteiger charge is 2.29. The number of hydrogen-bond donors (Lipinski definition) is 2. The van der Waals surface area contributed by atoms with E-state index in [0.29, 0.717) is 23.9 Å². The largest absolute Gasteiger partial charge is 0.494 e. The van der Waals surface area contributed by atoms with Gasteiger partial charge in [-0.25, -0.2) is 0 Å². The van der Waals surface area contributed by atoms with E-state index in [1.54, 1.807) is 24.3 Å². The first-order valence-corrected chi connectivity index (χ1v) is 9.77. The Labute approximate surface area is 165 Å². The maximum absolute atomic E-state index is 12.7. The summed E-state index contributed by atoms with van der Waals surface area (Å²) in [5, 5.41) is 10.5. The van der Waals surface area contributed by atoms with Crippen molar-refractivity contribution in [2.45, 2.75) is 32.9 Å². The van der Waals surface area contributed by atoms with Crippen LogP contribution in [0.5, 0.6) is 5.75 Å². The van der Waals surface area contributed by atoms with E-state index >= 15 is 0 Å². The monoisotopic (exact) mass is 387 g/mol. The van der Waals surface area contributed by atoms with Crippen LogP contribution in [0, 0.1) is 5.92 Å². The predicted octanol–water partition coefficient (Wildman–Crippen LogP) is 2.17. The molecule has 0 bridgehead atoms. The standard InChI is InChI=1S/C20H29N5O3/c1-5-27-15-8-6-14(7-9-15)19(26)22-17(13(2)3)20-23-18(24-28-20)16-12-21-10-11-25(16)4/h6-9,13,16-17,21H,5,10-12H2,1-4H3,(H,22,26). The van der Waals surface area contributed by atoms with Gasteiger partial charge in [-0.1, -0.05) is 19.0 Å². The number of carbonyl (C=O) groups is 1. The highest BCUT2D eigenvalue weighted by Crippen LogP contribution is 2.24. The number of ether oxygens (including phenoxy) is 1. The molecule has 0 aliphatic carbocycles. The van der Waals surface area contributed by atoms with Crippen molar-refractivity contribution in [2.24, 2.45) is 5.92 Å². The molecule has 2 atom stereocenters. The normalized spacial score (nSPS) is 18.8. The van der Waals surface area contributed by atoms with Gasteiger partial charge in [0.25, 0.3) is 5.91 Å². The first kappa shape index (κ1) is 20.3. The molecule has 152 valence electrons. The topological polar surface area (TPSA) is 92.5 Å². The average molecular weight is 387 g/mol. The fraction of sp³-hybridized carbons (Fsp3) is 0.550. The number of aromatic nitrogens is 2. The van der Waals surface area contributed by atoms with E-state index in [2.05, 4.69) is 32.7 Å². The first-order valence-electron chi connectivity index (χ1n) is 9.77. The number of carbonyl (C=O) groups excluding carboxylic acids is 1. The van der Waals surface area contributed by atoms with Crippen LogP contribution in [0.3, 0.4) is 0 Å². The Hall–Kier alpha value is -2.45. The predicted molar refractivity (Wildman–Crippen MR) is 105 cm³/mol. The van der Waals surface area contributed by atoms with E-state index in [1.807, 2.05) is 20.8 Å². The molecule has 8 heteroatoms. The van der Waals surface area contributed by atoms with Crippen molar-refractivity contribution < 1.29 is 14.1 Å². The Kier molecular flexibility index (Phi) is 6.64. The molecule has 2 aromatic rings. The zero-order valence-corrected chi connectivity index (χ0v) is 16.9. The molecule has 1 aromatic carbocycles. The van der Waals surface area contributed by atoms with Crippen molar-refractivity contribution in [2.75, 3.05) is 33.3 Å². The van der Waals surface area contributed by atoms with E-state index in [0.717, 1.165) is 25.4 Å². The van der Waals surface area contributed by atoms with Gasteiger partial charge in [-0.05, 0) is 44.2 Å². The molecule has 8 nitrogen and oxygen atoms in total. The molecule has 0 spiro atoms. The van der Waals surface area contributed by atoms with Crippen molar-refractivity contribution in [1.29, 1.82) is 0 Å². The lowest BCUT2D eigenvalue weighted by atomic mass is 10.0. The third-order valence-corrected chi connectivity index (χ3v) is 4.91. The highest BCUT2D eigenvalue weighted by molar-refractivity contribution is 5.94. The lowest BCUT2D eigenvalue weighted by Crippen LogP contribution is -2.44. The Bertz CT molecular complexity index is 774. The molecule has 1 aromatic heterocycles. The molecule has 0 radical (unpaired) electrons. The van der Waals surface area contributed by atoms with E-state index in [-0.39, 0.29) is 23.9 Å². The zero-order chi connectivity index (χ0) is 20.1. The number of nitrogens with zero attached hydrogens (tertiary/aromatic N) is 3. The Morgan fingerprint density at radius 1 is 1.39 bits per heavy atom. The van der Waals surface area contributed by atoms with Crippen molar-refractivity contribution in [3.05, 3.63) is 41.5 Å². The van der Waals surface area contributed by atoms with Gasteiger partial charge in [0.15, 0.2) is 5.82 Å². The molecule has 1 fully saturated rings. The van der Waals surface area contributed by atoms with Crippen LogP contribution in [-0.4, -0.2) is 54.2 Å². The number of amides is 1. The molecule has 2 unspecified atom stereocenters. The molecule has 0 saturated carbocycles. The van der Waals surface area contributed by atoms with E-state index in [1.165, 1.54) is 0 Å². The van der Waals surface area contributed by atoms with Crippen LogP contribution in [-0.2, 0) is 0 Å². The van der Waals surface area contributed by atoms with Crippen molar-refractivity contribution in [3.8, 4) is 5.75 Å². The minimum absolute atomic E-state index is 0.0703. The molecule has 2 heterocycles. The van der Waals surface area contributed by atoms with Gasteiger partial charge in [0.2, 0.25) is 5.89 Å². The van der Waals surface area contributed by atoms with Gasteiger partial charge in [-0.3, -0.25) is 9.69 Å². The maximum atomic E-state index is 12.7. The van der Waals surface area contributed by atoms with Gasteiger partial charge >= 0.3 is 0 Å². The Balaban J connectivity index is 1.72. The SMILES string of the molecule is CCOc1ccc(C(=O)NC(c2nc(C3CNCCN3C)no2)C(C)C)cc1. The number of likely N-dealkylation sites (N-methyl/N-ethyl adjacent to an activating group) is 1. The molecule has 1 aliphatic rings. The third-order valence-electron chi connectivity index (χ3n) is 4.91. The maximum Gasteiger partial charge on any atom is 0.251 e. The molecule has 1 saturated heterocycles. The molecule has 1 aliphatic heterocycles. The molecule has 1 amide bonds. The number of piperazine rings is 1. The third kappa shape index (κ3) is 4.69. The second-order valence-corrected chi connectivity index (χ2v) is 7.34. The second-order valence-electron chi connectivity index (χ2n) is 7.34. The fourth-order valence-electron chi connectivity index (χ4n) is 3.21. The lowest BCUT2D eigenvalue weighted by Gasteiger charge is -2.30. The van der Waals surface area contributed by atoms with E-state index in [9.17, 15) is 4.79 Å². The van der Waals surface area contributed by atoms with Crippen LogP contribution >= 0.6 is 0 Å². The molecule has 2 N–H and O–H groups in total. The number of benzene rings is 1. The molecule has 3 rings (SSSR count). The zero-order valence-electron chi connectivity index (χ0n) is 16.9. The van der Waals surface area contributed by atoms with Gasteiger partial charge in [0, 0.05) is 25.2 Å². The molecule has 28 heavy (non-hydrogen) atoms. The van der Waals surface area contributed by atoms with Crippen LogP contribution in [0.15, 0.2) is 28.8 Å². The lowest BCUT2D eigenvalue weighted by molar-refractivity contribution is 0.0914. The second kappa shape index (κ2) is 9.16. The van der Waals surface area contributed by atoms with Crippen LogP contribution in [0.2, 0.25) is 0 Å². The Morgan fingerprint density at radius 2 is 2.14 bits per heavy atom. The summed E-state index contributed by atoms with van der Waals surface area (Å²) in [6, 6.07) is 6.79. The van der Waals surface area contributed by atoms with E-state index in [4.69, 9.17) is 9.26 Å². The van der Waals surface area contributed by atoms with Crippen molar-refractivity contribution in [1.82, 2.24) is 25.7 Å². The van der Waals surface area contributed by atoms with Crippen LogP contribution < -0.4 is 15.4 Å². The van der Waals surface area contributed by atoms with Crippen LogP contribution in [0.4, 0.5) is 0 Å². The summed E-state index contributed by atoms with van der Waals surface area (Å²) >= 11 is 0. The smallest absolute Gasteiger partial charge is 0.251 e. The van der Waals surface area contributed by atoms with Gasteiger partial charge in [-0.15, -0.1) is 0 Å². The average Bonchev–Trinajstić information content (AvgIpc) is 3.16. The number of hydrogen-bond acceptors (Lipinski definition) is 7. The fourth-order valence-corrected chi connectivity index (χ4v) is 3.21. The summed E-state index contributed by atoms with van der Waals surface area (Å²) in [6.45, 7) is 9.20. The quantitative estimate of drug-likeness (QED) is 0.752.